The third-order valence-corrected chi connectivity index (χ3v) is 2.80. The summed E-state index contributed by atoms with van der Waals surface area (Å²) in [5.41, 5.74) is 0.798. The molecule has 1 amide bonds. The van der Waals surface area contributed by atoms with Crippen molar-refractivity contribution in [2.45, 2.75) is 0 Å². The average Bonchev–Trinajstić information content (AvgIpc) is 2.37. The number of carbonyl (C=O) groups is 1. The molecule has 5 heteroatoms. The van der Waals surface area contributed by atoms with Crippen LogP contribution in [0.1, 0.15) is 10.4 Å². The van der Waals surface area contributed by atoms with Crippen molar-refractivity contribution in [1.29, 1.82) is 0 Å². The smallest absolute Gasteiger partial charge is 0.259 e. The first kappa shape index (κ1) is 12.5. The highest BCUT2D eigenvalue weighted by Crippen LogP contribution is 2.20. The lowest BCUT2D eigenvalue weighted by molar-refractivity contribution is 0.0993. The minimum atomic E-state index is -0.395. The number of hydrogen-bond donors (Lipinski definition) is 0. The highest BCUT2D eigenvalue weighted by molar-refractivity contribution is 6.34. The van der Waals surface area contributed by atoms with E-state index < -0.39 is 5.82 Å². The van der Waals surface area contributed by atoms with Crippen molar-refractivity contribution in [1.82, 2.24) is 4.98 Å². The molecule has 0 unspecified atom stereocenters. The van der Waals surface area contributed by atoms with E-state index in [-0.39, 0.29) is 10.9 Å². The van der Waals surface area contributed by atoms with Gasteiger partial charge in [0.25, 0.3) is 5.91 Å². The Kier molecular flexibility index (Phi) is 3.58. The second-order valence-electron chi connectivity index (χ2n) is 3.70. The van der Waals surface area contributed by atoms with E-state index >= 15 is 0 Å². The molecular weight excluding hydrogens is 255 g/mol. The summed E-state index contributed by atoms with van der Waals surface area (Å²) in [6.45, 7) is 0. The van der Waals surface area contributed by atoms with E-state index in [1.807, 2.05) is 0 Å². The van der Waals surface area contributed by atoms with Crippen molar-refractivity contribution in [2.24, 2.45) is 0 Å². The summed E-state index contributed by atoms with van der Waals surface area (Å²) >= 11 is 5.90. The predicted octanol–water partition coefficient (Wildman–Crippen LogP) is 3.15. The normalized spacial score (nSPS) is 10.2. The first-order chi connectivity index (χ1) is 8.59. The van der Waals surface area contributed by atoms with Crippen molar-refractivity contribution < 1.29 is 9.18 Å². The molecule has 0 aliphatic carbocycles. The molecule has 0 saturated heterocycles. The minimum absolute atomic E-state index is 0.269. The van der Waals surface area contributed by atoms with E-state index in [4.69, 9.17) is 11.6 Å². The van der Waals surface area contributed by atoms with Gasteiger partial charge in [-0.1, -0.05) is 17.7 Å². The summed E-state index contributed by atoms with van der Waals surface area (Å²) in [5.74, 6) is -0.707. The molecule has 0 spiro atoms. The van der Waals surface area contributed by atoms with Gasteiger partial charge in [-0.05, 0) is 24.3 Å². The Morgan fingerprint density at radius 3 is 2.83 bits per heavy atom. The van der Waals surface area contributed by atoms with Gasteiger partial charge in [-0.3, -0.25) is 9.78 Å². The fourth-order valence-corrected chi connectivity index (χ4v) is 1.73. The molecule has 0 radical (unpaired) electrons. The van der Waals surface area contributed by atoms with Gasteiger partial charge < -0.3 is 4.90 Å². The molecule has 3 nitrogen and oxygen atoms in total. The van der Waals surface area contributed by atoms with Gasteiger partial charge in [-0.15, -0.1) is 0 Å². The molecule has 18 heavy (non-hydrogen) atoms. The number of halogens is 2. The summed E-state index contributed by atoms with van der Waals surface area (Å²) in [7, 11) is 1.56. The molecule has 0 fully saturated rings. The van der Waals surface area contributed by atoms with Crippen molar-refractivity contribution in [3.63, 3.8) is 0 Å². The maximum atomic E-state index is 13.1. The van der Waals surface area contributed by atoms with Crippen LogP contribution in [0.5, 0.6) is 0 Å². The van der Waals surface area contributed by atoms with Crippen LogP contribution in [0, 0.1) is 5.82 Å². The SMILES string of the molecule is CN(C(=O)c1ccncc1Cl)c1cccc(F)c1. The van der Waals surface area contributed by atoms with E-state index in [2.05, 4.69) is 4.98 Å². The van der Waals surface area contributed by atoms with Gasteiger partial charge in [0.2, 0.25) is 0 Å². The van der Waals surface area contributed by atoms with Gasteiger partial charge in [0.1, 0.15) is 5.82 Å². The molecule has 2 rings (SSSR count). The lowest BCUT2D eigenvalue weighted by atomic mass is 10.2. The highest BCUT2D eigenvalue weighted by Gasteiger charge is 2.16. The van der Waals surface area contributed by atoms with Gasteiger partial charge in [0.05, 0.1) is 10.6 Å². The number of anilines is 1. The van der Waals surface area contributed by atoms with Crippen LogP contribution in [-0.2, 0) is 0 Å². The maximum absolute atomic E-state index is 13.1. The van der Waals surface area contributed by atoms with Crippen LogP contribution in [-0.4, -0.2) is 17.9 Å². The number of carbonyl (C=O) groups excluding carboxylic acids is 1. The number of rotatable bonds is 2. The highest BCUT2D eigenvalue weighted by atomic mass is 35.5. The van der Waals surface area contributed by atoms with Crippen molar-refractivity contribution in [2.75, 3.05) is 11.9 Å². The Bertz CT molecular complexity index is 589. The monoisotopic (exact) mass is 264 g/mol. The number of benzene rings is 1. The standard InChI is InChI=1S/C13H10ClFN2O/c1-17(10-4-2-3-9(15)7-10)13(18)11-5-6-16-8-12(11)14/h2-8H,1H3. The fourth-order valence-electron chi connectivity index (χ4n) is 1.53. The molecule has 2 aromatic rings. The van der Waals surface area contributed by atoms with E-state index in [1.165, 1.54) is 35.5 Å². The second kappa shape index (κ2) is 5.14. The van der Waals surface area contributed by atoms with Crippen LogP contribution in [0.4, 0.5) is 10.1 Å². The largest absolute Gasteiger partial charge is 0.311 e. The van der Waals surface area contributed by atoms with E-state index in [0.717, 1.165) is 0 Å². The van der Waals surface area contributed by atoms with Gasteiger partial charge in [-0.2, -0.15) is 0 Å². The fraction of sp³-hybridized carbons (Fsp3) is 0.0769. The summed E-state index contributed by atoms with van der Waals surface area (Å²) in [5, 5.41) is 0.269. The van der Waals surface area contributed by atoms with Crippen LogP contribution >= 0.6 is 11.6 Å². The summed E-state index contributed by atoms with van der Waals surface area (Å²) < 4.78 is 13.1. The summed E-state index contributed by atoms with van der Waals surface area (Å²) in [6, 6.07) is 7.33. The molecule has 0 aliphatic rings. The molecule has 0 N–H and O–H groups in total. The number of hydrogen-bond acceptors (Lipinski definition) is 2. The Hall–Kier alpha value is -1.94. The first-order valence-corrected chi connectivity index (χ1v) is 5.60. The lowest BCUT2D eigenvalue weighted by Crippen LogP contribution is -2.26. The molecular formula is C13H10ClFN2O. The number of pyridine rings is 1. The minimum Gasteiger partial charge on any atom is -0.311 e. The zero-order valence-corrected chi connectivity index (χ0v) is 10.4. The second-order valence-corrected chi connectivity index (χ2v) is 4.11. The van der Waals surface area contributed by atoms with Crippen molar-refractivity contribution in [3.05, 3.63) is 59.1 Å². The molecule has 0 saturated carbocycles. The molecule has 1 aromatic heterocycles. The lowest BCUT2D eigenvalue weighted by Gasteiger charge is -2.17. The Labute approximate surface area is 109 Å². The molecule has 0 aliphatic heterocycles. The Morgan fingerprint density at radius 2 is 2.17 bits per heavy atom. The Balaban J connectivity index is 2.32. The quantitative estimate of drug-likeness (QED) is 0.835. The zero-order chi connectivity index (χ0) is 13.1. The number of aromatic nitrogens is 1. The summed E-state index contributed by atoms with van der Waals surface area (Å²) in [6.07, 6.45) is 2.88. The zero-order valence-electron chi connectivity index (χ0n) is 9.60. The van der Waals surface area contributed by atoms with E-state index in [0.29, 0.717) is 11.3 Å². The van der Waals surface area contributed by atoms with Gasteiger partial charge in [0.15, 0.2) is 0 Å². The van der Waals surface area contributed by atoms with Crippen molar-refractivity contribution in [3.8, 4) is 0 Å². The molecule has 1 heterocycles. The summed E-state index contributed by atoms with van der Waals surface area (Å²) in [4.78, 5) is 17.3. The van der Waals surface area contributed by atoms with Gasteiger partial charge in [0, 0.05) is 25.1 Å². The molecule has 0 atom stereocenters. The molecule has 0 bridgehead atoms. The Morgan fingerprint density at radius 1 is 1.39 bits per heavy atom. The number of amides is 1. The van der Waals surface area contributed by atoms with E-state index in [1.54, 1.807) is 19.2 Å². The van der Waals surface area contributed by atoms with Crippen molar-refractivity contribution >= 4 is 23.2 Å². The molecule has 1 aromatic carbocycles. The number of nitrogens with zero attached hydrogens (tertiary/aromatic N) is 2. The van der Waals surface area contributed by atoms with Crippen LogP contribution in [0.25, 0.3) is 0 Å². The van der Waals surface area contributed by atoms with Crippen LogP contribution in [0.2, 0.25) is 5.02 Å². The molecule has 92 valence electrons. The van der Waals surface area contributed by atoms with E-state index in [9.17, 15) is 9.18 Å². The van der Waals surface area contributed by atoms with Gasteiger partial charge >= 0.3 is 0 Å². The third-order valence-electron chi connectivity index (χ3n) is 2.50. The predicted molar refractivity (Wildman–Crippen MR) is 68.4 cm³/mol. The van der Waals surface area contributed by atoms with Crippen LogP contribution < -0.4 is 4.90 Å². The average molecular weight is 265 g/mol. The van der Waals surface area contributed by atoms with Crippen LogP contribution in [0.15, 0.2) is 42.7 Å². The first-order valence-electron chi connectivity index (χ1n) is 5.22. The van der Waals surface area contributed by atoms with Gasteiger partial charge in [-0.25, -0.2) is 4.39 Å². The third kappa shape index (κ3) is 2.49. The maximum Gasteiger partial charge on any atom is 0.259 e. The topological polar surface area (TPSA) is 33.2 Å². The van der Waals surface area contributed by atoms with Crippen LogP contribution in [0.3, 0.4) is 0 Å².